The van der Waals surface area contributed by atoms with E-state index >= 15 is 0 Å². The molecule has 0 aliphatic heterocycles. The number of hydrogen-bond acceptors (Lipinski definition) is 6. The number of carboxylic acid groups (broad SMARTS) is 1. The van der Waals surface area contributed by atoms with E-state index < -0.39 is 40.4 Å². The van der Waals surface area contributed by atoms with Gasteiger partial charge in [-0.1, -0.05) is 30.3 Å². The number of hydrogen-bond donors (Lipinski definition) is 5. The topological polar surface area (TPSA) is 166 Å². The molecule has 170 valence electrons. The van der Waals surface area contributed by atoms with Gasteiger partial charge >= 0.3 is 5.97 Å². The van der Waals surface area contributed by atoms with Gasteiger partial charge in [0.05, 0.1) is 4.90 Å². The van der Waals surface area contributed by atoms with Crippen LogP contribution < -0.4 is 15.4 Å². The maximum Gasteiger partial charge on any atom is 0.323 e. The SMILES string of the molecule is CC(=N)c1ccc(C(=O)NCCC(=O)NCC(NS(=O)(=O)c2ccccc2)C(=O)O)cc1. The zero-order valence-electron chi connectivity index (χ0n) is 17.3. The van der Waals surface area contributed by atoms with E-state index in [1.54, 1.807) is 37.3 Å². The maximum atomic E-state index is 12.3. The van der Waals surface area contributed by atoms with Crippen LogP contribution in [-0.4, -0.2) is 56.2 Å². The molecule has 2 aromatic carbocycles. The monoisotopic (exact) mass is 460 g/mol. The number of nitrogens with one attached hydrogen (secondary N) is 4. The van der Waals surface area contributed by atoms with Gasteiger partial charge < -0.3 is 21.1 Å². The highest BCUT2D eigenvalue weighted by Crippen LogP contribution is 2.08. The number of aliphatic carboxylic acids is 1. The van der Waals surface area contributed by atoms with Crippen molar-refractivity contribution >= 4 is 33.5 Å². The van der Waals surface area contributed by atoms with Crippen LogP contribution in [0.4, 0.5) is 0 Å². The Labute approximate surface area is 185 Å². The lowest BCUT2D eigenvalue weighted by Crippen LogP contribution is -2.48. The van der Waals surface area contributed by atoms with Crippen LogP contribution in [0, 0.1) is 5.41 Å². The van der Waals surface area contributed by atoms with Crippen molar-refractivity contribution < 1.29 is 27.9 Å². The Morgan fingerprint density at radius 2 is 1.56 bits per heavy atom. The van der Waals surface area contributed by atoms with Gasteiger partial charge in [0.15, 0.2) is 0 Å². The first-order chi connectivity index (χ1) is 15.1. The Hall–Kier alpha value is -3.57. The predicted molar refractivity (Wildman–Crippen MR) is 117 cm³/mol. The van der Waals surface area contributed by atoms with Crippen LogP contribution in [0.25, 0.3) is 0 Å². The third-order valence-corrected chi connectivity index (χ3v) is 5.86. The zero-order chi connectivity index (χ0) is 23.7. The minimum Gasteiger partial charge on any atom is -0.480 e. The minimum absolute atomic E-state index is 0.00347. The van der Waals surface area contributed by atoms with Gasteiger partial charge in [0, 0.05) is 30.8 Å². The molecule has 0 heterocycles. The number of sulfonamides is 1. The Morgan fingerprint density at radius 3 is 2.12 bits per heavy atom. The summed E-state index contributed by atoms with van der Waals surface area (Å²) >= 11 is 0. The van der Waals surface area contributed by atoms with E-state index in [1.165, 1.54) is 24.3 Å². The van der Waals surface area contributed by atoms with Crippen molar-refractivity contribution in [3.63, 3.8) is 0 Å². The second-order valence-electron chi connectivity index (χ2n) is 6.84. The lowest BCUT2D eigenvalue weighted by molar-refractivity contribution is -0.138. The molecule has 0 aliphatic rings. The average molecular weight is 461 g/mol. The maximum absolute atomic E-state index is 12.3. The summed E-state index contributed by atoms with van der Waals surface area (Å²) in [6.45, 7) is 1.18. The summed E-state index contributed by atoms with van der Waals surface area (Å²) in [6, 6.07) is 12.1. The fraction of sp³-hybridized carbons (Fsp3) is 0.238. The molecule has 0 saturated heterocycles. The van der Waals surface area contributed by atoms with Crippen molar-refractivity contribution in [1.29, 1.82) is 5.41 Å². The Morgan fingerprint density at radius 1 is 0.969 bits per heavy atom. The van der Waals surface area contributed by atoms with E-state index in [0.29, 0.717) is 16.8 Å². The summed E-state index contributed by atoms with van der Waals surface area (Å²) in [4.78, 5) is 35.4. The molecule has 2 rings (SSSR count). The molecule has 11 heteroatoms. The normalized spacial score (nSPS) is 11.9. The van der Waals surface area contributed by atoms with Crippen molar-refractivity contribution in [2.75, 3.05) is 13.1 Å². The smallest absolute Gasteiger partial charge is 0.323 e. The van der Waals surface area contributed by atoms with Gasteiger partial charge in [0.25, 0.3) is 5.91 Å². The molecule has 0 aliphatic carbocycles. The van der Waals surface area contributed by atoms with Crippen molar-refractivity contribution in [3.05, 3.63) is 65.7 Å². The van der Waals surface area contributed by atoms with Gasteiger partial charge in [-0.3, -0.25) is 14.4 Å². The van der Waals surface area contributed by atoms with Crippen LogP contribution in [0.1, 0.15) is 29.3 Å². The van der Waals surface area contributed by atoms with Crippen LogP contribution in [0.5, 0.6) is 0 Å². The number of rotatable bonds is 11. The molecule has 10 nitrogen and oxygen atoms in total. The molecule has 0 spiro atoms. The summed E-state index contributed by atoms with van der Waals surface area (Å²) < 4.78 is 26.6. The van der Waals surface area contributed by atoms with Crippen molar-refractivity contribution in [2.45, 2.75) is 24.3 Å². The van der Waals surface area contributed by atoms with Crippen LogP contribution in [0.15, 0.2) is 59.5 Å². The molecule has 2 amide bonds. The van der Waals surface area contributed by atoms with Crippen LogP contribution in [0.2, 0.25) is 0 Å². The number of carbonyl (C=O) groups excluding carboxylic acids is 2. The molecule has 1 unspecified atom stereocenters. The Balaban J connectivity index is 1.82. The van der Waals surface area contributed by atoms with Gasteiger partial charge in [0.2, 0.25) is 15.9 Å². The molecule has 0 radical (unpaired) electrons. The predicted octanol–water partition coefficient (Wildman–Crippen LogP) is 0.742. The van der Waals surface area contributed by atoms with Crippen molar-refractivity contribution in [3.8, 4) is 0 Å². The number of benzene rings is 2. The first kappa shape index (κ1) is 24.7. The van der Waals surface area contributed by atoms with Crippen LogP contribution in [0.3, 0.4) is 0 Å². The quantitative estimate of drug-likeness (QED) is 0.310. The lowest BCUT2D eigenvalue weighted by Gasteiger charge is -2.15. The molecule has 0 saturated carbocycles. The van der Waals surface area contributed by atoms with Crippen LogP contribution in [-0.2, 0) is 19.6 Å². The molecule has 32 heavy (non-hydrogen) atoms. The summed E-state index contributed by atoms with van der Waals surface area (Å²) in [5, 5.41) is 21.7. The molecular weight excluding hydrogens is 436 g/mol. The van der Waals surface area contributed by atoms with Gasteiger partial charge in [-0.15, -0.1) is 0 Å². The minimum atomic E-state index is -4.07. The largest absolute Gasteiger partial charge is 0.480 e. The molecule has 5 N–H and O–H groups in total. The summed E-state index contributed by atoms with van der Waals surface area (Å²) in [7, 11) is -4.07. The van der Waals surface area contributed by atoms with Crippen molar-refractivity contribution in [2.24, 2.45) is 0 Å². The molecule has 0 bridgehead atoms. The Bertz CT molecular complexity index is 1090. The van der Waals surface area contributed by atoms with Gasteiger partial charge in [-0.05, 0) is 36.8 Å². The number of carboxylic acids is 1. The first-order valence-electron chi connectivity index (χ1n) is 9.61. The summed E-state index contributed by atoms with van der Waals surface area (Å²) in [5.74, 6) is -2.39. The van der Waals surface area contributed by atoms with E-state index in [4.69, 9.17) is 5.41 Å². The molecular formula is C21H24N4O6S. The number of amides is 2. The van der Waals surface area contributed by atoms with Gasteiger partial charge in [0.1, 0.15) is 6.04 Å². The average Bonchev–Trinajstić information content (AvgIpc) is 2.77. The Kier molecular flexibility index (Phi) is 8.62. The highest BCUT2D eigenvalue weighted by atomic mass is 32.2. The second-order valence-corrected chi connectivity index (χ2v) is 8.55. The van der Waals surface area contributed by atoms with E-state index in [2.05, 4.69) is 10.6 Å². The third kappa shape index (κ3) is 7.29. The third-order valence-electron chi connectivity index (χ3n) is 4.37. The molecule has 0 aromatic heterocycles. The highest BCUT2D eigenvalue weighted by molar-refractivity contribution is 7.89. The molecule has 0 fully saturated rings. The summed E-state index contributed by atoms with van der Waals surface area (Å²) in [5.41, 5.74) is 1.44. The molecule has 2 aromatic rings. The number of carbonyl (C=O) groups is 3. The van der Waals surface area contributed by atoms with Gasteiger partial charge in [-0.25, -0.2) is 8.42 Å². The van der Waals surface area contributed by atoms with E-state index in [0.717, 1.165) is 0 Å². The van der Waals surface area contributed by atoms with E-state index in [1.807, 2.05) is 4.72 Å². The second kappa shape index (κ2) is 11.2. The van der Waals surface area contributed by atoms with Crippen molar-refractivity contribution in [1.82, 2.24) is 15.4 Å². The molecule has 1 atom stereocenters. The van der Waals surface area contributed by atoms with E-state index in [-0.39, 0.29) is 17.9 Å². The highest BCUT2D eigenvalue weighted by Gasteiger charge is 2.25. The summed E-state index contributed by atoms with van der Waals surface area (Å²) in [6.07, 6.45) is -0.124. The fourth-order valence-electron chi connectivity index (χ4n) is 2.60. The zero-order valence-corrected chi connectivity index (χ0v) is 18.1. The fourth-order valence-corrected chi connectivity index (χ4v) is 3.81. The lowest BCUT2D eigenvalue weighted by atomic mass is 10.1. The van der Waals surface area contributed by atoms with E-state index in [9.17, 15) is 27.9 Å². The standard InChI is InChI=1S/C21H24N4O6S/c1-14(22)15-7-9-16(10-8-15)20(27)23-12-11-19(26)24-13-18(21(28)29)25-32(30,31)17-5-3-2-4-6-17/h2-10,18,22,25H,11-13H2,1H3,(H,23,27)(H,24,26)(H,28,29). The van der Waals surface area contributed by atoms with Crippen LogP contribution >= 0.6 is 0 Å². The first-order valence-corrected chi connectivity index (χ1v) is 11.1. The van der Waals surface area contributed by atoms with Gasteiger partial charge in [-0.2, -0.15) is 4.72 Å².